The molecule has 2 N–H and O–H groups in total. The van der Waals surface area contributed by atoms with E-state index < -0.39 is 0 Å². The second kappa shape index (κ2) is 6.33. The molecule has 0 unspecified atom stereocenters. The Balaban J connectivity index is 2.12. The lowest BCUT2D eigenvalue weighted by Gasteiger charge is -2.22. The summed E-state index contributed by atoms with van der Waals surface area (Å²) in [5, 5.41) is 0. The Labute approximate surface area is 120 Å². The van der Waals surface area contributed by atoms with E-state index in [1.807, 2.05) is 19.9 Å². The minimum atomic E-state index is 0.364. The van der Waals surface area contributed by atoms with Gasteiger partial charge in [0.15, 0.2) is 0 Å². The summed E-state index contributed by atoms with van der Waals surface area (Å²) in [7, 11) is 0. The Kier molecular flexibility index (Phi) is 4.75. The lowest BCUT2D eigenvalue weighted by atomic mass is 9.90. The van der Waals surface area contributed by atoms with Crippen LogP contribution in [0.15, 0.2) is 6.07 Å². The Morgan fingerprint density at radius 3 is 2.68 bits per heavy atom. The van der Waals surface area contributed by atoms with Gasteiger partial charge in [-0.05, 0) is 32.6 Å². The molecule has 104 valence electrons. The molecule has 1 fully saturated rings. The van der Waals surface area contributed by atoms with E-state index in [2.05, 4.69) is 4.98 Å². The lowest BCUT2D eigenvalue weighted by Crippen LogP contribution is -2.19. The van der Waals surface area contributed by atoms with Crippen molar-refractivity contribution in [2.45, 2.75) is 46.0 Å². The van der Waals surface area contributed by atoms with Gasteiger partial charge in [-0.15, -0.1) is 0 Å². The van der Waals surface area contributed by atoms with Crippen molar-refractivity contribution in [2.24, 2.45) is 11.7 Å². The van der Waals surface area contributed by atoms with Gasteiger partial charge in [0.1, 0.15) is 10.7 Å². The highest BCUT2D eigenvalue weighted by atomic mass is 32.1. The van der Waals surface area contributed by atoms with Gasteiger partial charge < -0.3 is 10.5 Å². The fourth-order valence-electron chi connectivity index (χ4n) is 2.77. The second-order valence-corrected chi connectivity index (χ2v) is 5.84. The van der Waals surface area contributed by atoms with E-state index in [9.17, 15) is 0 Å². The number of hydrogen-bond acceptors (Lipinski definition) is 3. The highest BCUT2D eigenvalue weighted by Gasteiger charge is 2.17. The third-order valence-corrected chi connectivity index (χ3v) is 3.94. The molecule has 1 aromatic heterocycles. The zero-order valence-electron chi connectivity index (χ0n) is 11.7. The molecule has 4 heteroatoms. The van der Waals surface area contributed by atoms with Crippen molar-refractivity contribution in [1.29, 1.82) is 0 Å². The normalized spacial score (nSPS) is 16.3. The molecule has 3 nitrogen and oxygen atoms in total. The summed E-state index contributed by atoms with van der Waals surface area (Å²) in [6, 6.07) is 1.93. The van der Waals surface area contributed by atoms with Gasteiger partial charge in [0.05, 0.1) is 17.9 Å². The third-order valence-electron chi connectivity index (χ3n) is 3.74. The van der Waals surface area contributed by atoms with Crippen molar-refractivity contribution in [2.75, 3.05) is 6.61 Å². The third kappa shape index (κ3) is 3.66. The van der Waals surface area contributed by atoms with Crippen molar-refractivity contribution >= 4 is 17.2 Å². The van der Waals surface area contributed by atoms with Crippen LogP contribution < -0.4 is 10.5 Å². The quantitative estimate of drug-likeness (QED) is 0.859. The first-order chi connectivity index (χ1) is 9.08. The largest absolute Gasteiger partial charge is 0.492 e. The maximum atomic E-state index is 5.99. The number of nitrogens with two attached hydrogens (primary N) is 1. The maximum absolute atomic E-state index is 5.99. The van der Waals surface area contributed by atoms with E-state index in [4.69, 9.17) is 22.7 Å². The van der Waals surface area contributed by atoms with Crippen LogP contribution >= 0.6 is 12.2 Å². The summed E-state index contributed by atoms with van der Waals surface area (Å²) >= 11 is 5.11. The van der Waals surface area contributed by atoms with Crippen LogP contribution in [0.4, 0.5) is 0 Å². The zero-order valence-corrected chi connectivity index (χ0v) is 12.6. The van der Waals surface area contributed by atoms with Crippen LogP contribution in [0.25, 0.3) is 0 Å². The molecule has 1 heterocycles. The van der Waals surface area contributed by atoms with Gasteiger partial charge in [-0.3, -0.25) is 4.98 Å². The van der Waals surface area contributed by atoms with Crippen LogP contribution in [0.1, 0.15) is 49.1 Å². The topological polar surface area (TPSA) is 48.1 Å². The fourth-order valence-corrected chi connectivity index (χ4v) is 3.02. The predicted molar refractivity (Wildman–Crippen MR) is 81.7 cm³/mol. The zero-order chi connectivity index (χ0) is 13.8. The average molecular weight is 278 g/mol. The SMILES string of the molecule is Cc1cc(OCC2CCCCC2)c(C(N)=S)c(C)n1. The Bertz CT molecular complexity index is 467. The van der Waals surface area contributed by atoms with Gasteiger partial charge in [0.2, 0.25) is 0 Å². The Hall–Kier alpha value is -1.16. The van der Waals surface area contributed by atoms with E-state index in [0.717, 1.165) is 29.3 Å². The Morgan fingerprint density at radius 1 is 1.37 bits per heavy atom. The van der Waals surface area contributed by atoms with Crippen molar-refractivity contribution in [1.82, 2.24) is 4.98 Å². The number of pyridine rings is 1. The number of aromatic nitrogens is 1. The van der Waals surface area contributed by atoms with Gasteiger partial charge in [0.25, 0.3) is 0 Å². The average Bonchev–Trinajstić information content (AvgIpc) is 2.36. The highest BCUT2D eigenvalue weighted by molar-refractivity contribution is 7.80. The molecule has 19 heavy (non-hydrogen) atoms. The summed E-state index contributed by atoms with van der Waals surface area (Å²) in [6.07, 6.45) is 6.55. The summed E-state index contributed by atoms with van der Waals surface area (Å²) in [6.45, 7) is 4.65. The molecule has 0 bridgehead atoms. The first-order valence-electron chi connectivity index (χ1n) is 6.98. The second-order valence-electron chi connectivity index (χ2n) is 5.40. The molecule has 1 aliphatic rings. The van der Waals surface area contributed by atoms with Gasteiger partial charge in [-0.2, -0.15) is 0 Å². The molecule has 0 spiro atoms. The van der Waals surface area contributed by atoms with E-state index >= 15 is 0 Å². The van der Waals surface area contributed by atoms with Crippen LogP contribution in [0.3, 0.4) is 0 Å². The fraction of sp³-hybridized carbons (Fsp3) is 0.600. The molecular weight excluding hydrogens is 256 g/mol. The van der Waals surface area contributed by atoms with Crippen LogP contribution in [0.5, 0.6) is 5.75 Å². The first kappa shape index (κ1) is 14.3. The molecule has 1 saturated carbocycles. The summed E-state index contributed by atoms with van der Waals surface area (Å²) in [4.78, 5) is 4.77. The van der Waals surface area contributed by atoms with Crippen LogP contribution in [0.2, 0.25) is 0 Å². The number of thiocarbonyl (C=S) groups is 1. The standard InChI is InChI=1S/C15H22N2OS/c1-10-8-13(14(15(16)19)11(2)17-10)18-9-12-6-4-3-5-7-12/h8,12H,3-7,9H2,1-2H3,(H2,16,19). The van der Waals surface area contributed by atoms with Gasteiger partial charge in [0, 0.05) is 11.8 Å². The summed E-state index contributed by atoms with van der Waals surface area (Å²) in [5.74, 6) is 1.46. The van der Waals surface area contributed by atoms with Crippen LogP contribution in [0, 0.1) is 19.8 Å². The Morgan fingerprint density at radius 2 is 2.05 bits per heavy atom. The highest BCUT2D eigenvalue weighted by Crippen LogP contribution is 2.27. The molecule has 2 rings (SSSR count). The molecule has 0 aromatic carbocycles. The van der Waals surface area contributed by atoms with Crippen LogP contribution in [-0.4, -0.2) is 16.6 Å². The molecule has 0 saturated heterocycles. The number of nitrogens with zero attached hydrogens (tertiary/aromatic N) is 1. The van der Waals surface area contributed by atoms with Crippen LogP contribution in [-0.2, 0) is 0 Å². The maximum Gasteiger partial charge on any atom is 0.133 e. The lowest BCUT2D eigenvalue weighted by molar-refractivity contribution is 0.208. The van der Waals surface area contributed by atoms with Crippen molar-refractivity contribution in [3.63, 3.8) is 0 Å². The summed E-state index contributed by atoms with van der Waals surface area (Å²) in [5.41, 5.74) is 8.37. The van der Waals surface area contributed by atoms with Crippen molar-refractivity contribution in [3.8, 4) is 5.75 Å². The van der Waals surface area contributed by atoms with Gasteiger partial charge in [-0.25, -0.2) is 0 Å². The van der Waals surface area contributed by atoms with E-state index in [-0.39, 0.29) is 0 Å². The monoisotopic (exact) mass is 278 g/mol. The van der Waals surface area contributed by atoms with E-state index in [0.29, 0.717) is 10.9 Å². The van der Waals surface area contributed by atoms with Gasteiger partial charge in [-0.1, -0.05) is 31.5 Å². The minimum absolute atomic E-state index is 0.364. The molecular formula is C15H22N2OS. The number of aryl methyl sites for hydroxylation is 2. The number of rotatable bonds is 4. The van der Waals surface area contributed by atoms with E-state index in [1.165, 1.54) is 32.1 Å². The molecule has 0 radical (unpaired) electrons. The summed E-state index contributed by atoms with van der Waals surface area (Å²) < 4.78 is 5.99. The molecule has 0 amide bonds. The molecule has 1 aliphatic carbocycles. The first-order valence-corrected chi connectivity index (χ1v) is 7.39. The van der Waals surface area contributed by atoms with Crippen molar-refractivity contribution < 1.29 is 4.74 Å². The minimum Gasteiger partial charge on any atom is -0.492 e. The molecule has 0 atom stereocenters. The smallest absolute Gasteiger partial charge is 0.133 e. The number of hydrogen-bond donors (Lipinski definition) is 1. The molecule has 1 aromatic rings. The molecule has 0 aliphatic heterocycles. The number of ether oxygens (including phenoxy) is 1. The predicted octanol–water partition coefficient (Wildman–Crippen LogP) is 3.29. The van der Waals surface area contributed by atoms with Crippen molar-refractivity contribution in [3.05, 3.63) is 23.0 Å². The van der Waals surface area contributed by atoms with E-state index in [1.54, 1.807) is 0 Å². The van der Waals surface area contributed by atoms with Gasteiger partial charge >= 0.3 is 0 Å².